The lowest BCUT2D eigenvalue weighted by Gasteiger charge is -2.17. The van der Waals surface area contributed by atoms with E-state index in [2.05, 4.69) is 28.2 Å². The molecule has 0 radical (unpaired) electrons. The molecular formula is C21H24BrNO3. The minimum Gasteiger partial charge on any atom is -0.494 e. The highest BCUT2D eigenvalue weighted by Gasteiger charge is 2.12. The lowest BCUT2D eigenvalue weighted by Crippen LogP contribution is -2.28. The Hall–Kier alpha value is -2.14. The fraction of sp³-hybridized carbons (Fsp3) is 0.333. The van der Waals surface area contributed by atoms with Crippen molar-refractivity contribution in [1.29, 1.82) is 0 Å². The topological polar surface area (TPSA) is 55.4 Å². The van der Waals surface area contributed by atoms with Gasteiger partial charge in [0.25, 0.3) is 0 Å². The fourth-order valence-electron chi connectivity index (χ4n) is 2.59. The molecule has 2 aromatic carbocycles. The standard InChI is InChI=1S/C21H24BrNO3/c1-3-20(17-6-10-18(22)11-7-17)23-21(25)5-4-14-26-19-12-8-16(9-13-19)15(2)24/h6-13,20H,3-5,14H2,1-2H3,(H,23,25). The number of ketones is 1. The number of rotatable bonds is 9. The maximum Gasteiger partial charge on any atom is 0.220 e. The molecule has 0 saturated carbocycles. The van der Waals surface area contributed by atoms with Gasteiger partial charge in [0, 0.05) is 16.5 Å². The number of carbonyl (C=O) groups excluding carboxylic acids is 2. The molecule has 0 aromatic heterocycles. The summed E-state index contributed by atoms with van der Waals surface area (Å²) in [5.41, 5.74) is 1.76. The summed E-state index contributed by atoms with van der Waals surface area (Å²) in [6.07, 6.45) is 1.89. The van der Waals surface area contributed by atoms with Gasteiger partial charge < -0.3 is 10.1 Å². The highest BCUT2D eigenvalue weighted by Crippen LogP contribution is 2.19. The van der Waals surface area contributed by atoms with Crippen LogP contribution in [0.2, 0.25) is 0 Å². The van der Waals surface area contributed by atoms with Gasteiger partial charge in [0.1, 0.15) is 5.75 Å². The van der Waals surface area contributed by atoms with Crippen LogP contribution >= 0.6 is 15.9 Å². The van der Waals surface area contributed by atoms with E-state index >= 15 is 0 Å². The van der Waals surface area contributed by atoms with Crippen molar-refractivity contribution in [3.8, 4) is 5.75 Å². The number of Topliss-reactive ketones (excluding diaryl/α,β-unsaturated/α-hetero) is 1. The van der Waals surface area contributed by atoms with Crippen LogP contribution in [0, 0.1) is 0 Å². The Morgan fingerprint density at radius 2 is 1.73 bits per heavy atom. The van der Waals surface area contributed by atoms with E-state index in [1.54, 1.807) is 24.3 Å². The summed E-state index contributed by atoms with van der Waals surface area (Å²) in [7, 11) is 0. The number of amides is 1. The Balaban J connectivity index is 1.74. The fourth-order valence-corrected chi connectivity index (χ4v) is 2.86. The van der Waals surface area contributed by atoms with Crippen LogP contribution in [-0.4, -0.2) is 18.3 Å². The van der Waals surface area contributed by atoms with Crippen LogP contribution < -0.4 is 10.1 Å². The third kappa shape index (κ3) is 6.30. The molecule has 0 saturated heterocycles. The Morgan fingerprint density at radius 1 is 1.08 bits per heavy atom. The monoisotopic (exact) mass is 417 g/mol. The van der Waals surface area contributed by atoms with Crippen LogP contribution in [0.3, 0.4) is 0 Å². The van der Waals surface area contributed by atoms with Crippen molar-refractivity contribution in [2.75, 3.05) is 6.61 Å². The van der Waals surface area contributed by atoms with E-state index in [4.69, 9.17) is 4.74 Å². The van der Waals surface area contributed by atoms with E-state index in [1.807, 2.05) is 24.3 Å². The Bertz CT molecular complexity index is 726. The van der Waals surface area contributed by atoms with E-state index in [9.17, 15) is 9.59 Å². The number of carbonyl (C=O) groups is 2. The quantitative estimate of drug-likeness (QED) is 0.457. The first-order valence-corrected chi connectivity index (χ1v) is 9.57. The van der Waals surface area contributed by atoms with Gasteiger partial charge in [-0.1, -0.05) is 35.0 Å². The Morgan fingerprint density at radius 3 is 2.31 bits per heavy atom. The number of nitrogens with one attached hydrogen (secondary N) is 1. The molecule has 0 bridgehead atoms. The highest BCUT2D eigenvalue weighted by atomic mass is 79.9. The molecule has 0 heterocycles. The van der Waals surface area contributed by atoms with Crippen LogP contribution in [0.25, 0.3) is 0 Å². The van der Waals surface area contributed by atoms with Gasteiger partial charge >= 0.3 is 0 Å². The van der Waals surface area contributed by atoms with Gasteiger partial charge in [-0.05, 0) is 61.7 Å². The molecule has 1 atom stereocenters. The molecule has 0 fully saturated rings. The van der Waals surface area contributed by atoms with E-state index in [-0.39, 0.29) is 17.7 Å². The predicted octanol–water partition coefficient (Wildman–Crippen LogP) is 5.08. The molecule has 1 N–H and O–H groups in total. The van der Waals surface area contributed by atoms with Crippen LogP contribution in [0.5, 0.6) is 5.75 Å². The molecule has 5 heteroatoms. The maximum absolute atomic E-state index is 12.2. The molecule has 2 rings (SSSR count). The van der Waals surface area contributed by atoms with Crippen molar-refractivity contribution in [1.82, 2.24) is 5.32 Å². The zero-order chi connectivity index (χ0) is 18.9. The van der Waals surface area contributed by atoms with Gasteiger partial charge in [-0.3, -0.25) is 9.59 Å². The van der Waals surface area contributed by atoms with Crippen LogP contribution in [0.4, 0.5) is 0 Å². The van der Waals surface area contributed by atoms with Gasteiger partial charge in [0.05, 0.1) is 12.6 Å². The minimum absolute atomic E-state index is 0.0234. The third-order valence-corrected chi connectivity index (χ3v) is 4.62. The first-order valence-electron chi connectivity index (χ1n) is 8.78. The summed E-state index contributed by atoms with van der Waals surface area (Å²) in [4.78, 5) is 23.4. The number of benzene rings is 2. The second-order valence-electron chi connectivity index (χ2n) is 6.11. The third-order valence-electron chi connectivity index (χ3n) is 4.09. The van der Waals surface area contributed by atoms with Gasteiger partial charge in [-0.25, -0.2) is 0 Å². The number of halogens is 1. The first-order chi connectivity index (χ1) is 12.5. The van der Waals surface area contributed by atoms with Crippen molar-refractivity contribution in [2.45, 2.75) is 39.2 Å². The Kier molecular flexibility index (Phi) is 7.85. The van der Waals surface area contributed by atoms with Gasteiger partial charge in [-0.15, -0.1) is 0 Å². The van der Waals surface area contributed by atoms with Crippen LogP contribution in [0.15, 0.2) is 53.0 Å². The summed E-state index contributed by atoms with van der Waals surface area (Å²) >= 11 is 3.42. The molecule has 0 spiro atoms. The summed E-state index contributed by atoms with van der Waals surface area (Å²) in [5, 5.41) is 3.07. The molecule has 1 amide bonds. The molecule has 0 aliphatic rings. The molecule has 2 aromatic rings. The molecule has 4 nitrogen and oxygen atoms in total. The van der Waals surface area contributed by atoms with Gasteiger partial charge in [0.15, 0.2) is 5.78 Å². The number of ether oxygens (including phenoxy) is 1. The molecule has 26 heavy (non-hydrogen) atoms. The van der Waals surface area contributed by atoms with Gasteiger partial charge in [-0.2, -0.15) is 0 Å². The van der Waals surface area contributed by atoms with Crippen molar-refractivity contribution in [3.63, 3.8) is 0 Å². The van der Waals surface area contributed by atoms with Crippen LogP contribution in [-0.2, 0) is 4.79 Å². The van der Waals surface area contributed by atoms with E-state index in [0.717, 1.165) is 16.5 Å². The van der Waals surface area contributed by atoms with Crippen LogP contribution in [0.1, 0.15) is 55.1 Å². The van der Waals surface area contributed by atoms with E-state index in [0.29, 0.717) is 30.8 Å². The zero-order valence-electron chi connectivity index (χ0n) is 15.1. The Labute approximate surface area is 163 Å². The number of hydrogen-bond donors (Lipinski definition) is 1. The summed E-state index contributed by atoms with van der Waals surface area (Å²) in [6.45, 7) is 4.05. The second-order valence-corrected chi connectivity index (χ2v) is 7.03. The minimum atomic E-state index is 0.0234. The lowest BCUT2D eigenvalue weighted by molar-refractivity contribution is -0.122. The highest BCUT2D eigenvalue weighted by molar-refractivity contribution is 9.10. The molecule has 0 aliphatic heterocycles. The van der Waals surface area contributed by atoms with Crippen molar-refractivity contribution >= 4 is 27.6 Å². The summed E-state index contributed by atoms with van der Waals surface area (Å²) < 4.78 is 6.65. The average molecular weight is 418 g/mol. The predicted molar refractivity (Wildman–Crippen MR) is 106 cm³/mol. The summed E-state index contributed by atoms with van der Waals surface area (Å²) in [5.74, 6) is 0.761. The largest absolute Gasteiger partial charge is 0.494 e. The normalized spacial score (nSPS) is 11.7. The molecule has 138 valence electrons. The van der Waals surface area contributed by atoms with Crippen molar-refractivity contribution in [3.05, 3.63) is 64.1 Å². The van der Waals surface area contributed by atoms with E-state index in [1.165, 1.54) is 6.92 Å². The lowest BCUT2D eigenvalue weighted by atomic mass is 10.0. The summed E-state index contributed by atoms with van der Waals surface area (Å²) in [6, 6.07) is 15.1. The van der Waals surface area contributed by atoms with E-state index < -0.39 is 0 Å². The SMILES string of the molecule is CCC(NC(=O)CCCOc1ccc(C(C)=O)cc1)c1ccc(Br)cc1. The zero-order valence-corrected chi connectivity index (χ0v) is 16.7. The smallest absolute Gasteiger partial charge is 0.220 e. The van der Waals surface area contributed by atoms with Gasteiger partial charge in [0.2, 0.25) is 5.91 Å². The average Bonchev–Trinajstić information content (AvgIpc) is 2.64. The van der Waals surface area contributed by atoms with Crippen molar-refractivity contribution < 1.29 is 14.3 Å². The molecular weight excluding hydrogens is 394 g/mol. The molecule has 0 aliphatic carbocycles. The first kappa shape index (κ1) is 20.2. The molecule has 1 unspecified atom stereocenters. The van der Waals surface area contributed by atoms with Crippen molar-refractivity contribution in [2.24, 2.45) is 0 Å². The maximum atomic E-state index is 12.2. The second kappa shape index (κ2) is 10.1. The number of hydrogen-bond acceptors (Lipinski definition) is 3.